The molecule has 3 atom stereocenters. The Balaban J connectivity index is 2.17. The van der Waals surface area contributed by atoms with Crippen LogP contribution < -0.4 is 10.1 Å². The average Bonchev–Trinajstić information content (AvgIpc) is 2.70. The van der Waals surface area contributed by atoms with Crippen LogP contribution in [0.3, 0.4) is 0 Å². The zero-order valence-electron chi connectivity index (χ0n) is 16.8. The molecule has 2 N–H and O–H groups in total. The molecule has 0 bridgehead atoms. The van der Waals surface area contributed by atoms with Gasteiger partial charge < -0.3 is 15.2 Å². The zero-order valence-corrected chi connectivity index (χ0v) is 17.6. The van der Waals surface area contributed by atoms with Crippen molar-refractivity contribution in [1.82, 2.24) is 9.62 Å². The van der Waals surface area contributed by atoms with Crippen molar-refractivity contribution < 1.29 is 22.7 Å². The molecule has 3 rings (SSSR count). The normalized spacial score (nSPS) is 22.8. The van der Waals surface area contributed by atoms with Gasteiger partial charge >= 0.3 is 0 Å². The van der Waals surface area contributed by atoms with Gasteiger partial charge in [0.1, 0.15) is 22.6 Å². The molecule has 1 heterocycles. The molecule has 0 saturated carbocycles. The number of nitrogens with zero attached hydrogens (tertiary/aromatic N) is 1. The Morgan fingerprint density at radius 3 is 2.69 bits per heavy atom. The van der Waals surface area contributed by atoms with E-state index in [1.165, 1.54) is 16.4 Å². The smallest absolute Gasteiger partial charge is 0.247 e. The molecule has 0 unspecified atom stereocenters. The Bertz CT molecular complexity index is 967. The first-order valence-electron chi connectivity index (χ1n) is 9.62. The van der Waals surface area contributed by atoms with Crippen LogP contribution in [0.1, 0.15) is 13.8 Å². The number of rotatable bonds is 5. The quantitative estimate of drug-likeness (QED) is 0.774. The lowest BCUT2D eigenvalue weighted by Gasteiger charge is -2.36. The van der Waals surface area contributed by atoms with Crippen LogP contribution in [0, 0.1) is 11.7 Å². The third-order valence-corrected chi connectivity index (χ3v) is 7.28. The molecule has 0 spiro atoms. The zero-order chi connectivity index (χ0) is 21.2. The molecule has 158 valence electrons. The van der Waals surface area contributed by atoms with Gasteiger partial charge in [-0.3, -0.25) is 0 Å². The van der Waals surface area contributed by atoms with Crippen molar-refractivity contribution in [2.45, 2.75) is 30.9 Å². The van der Waals surface area contributed by atoms with E-state index in [2.05, 4.69) is 5.32 Å². The van der Waals surface area contributed by atoms with Gasteiger partial charge in [-0.2, -0.15) is 4.31 Å². The SMILES string of the molecule is CNC[C@H]1Oc2cc(-c3ccccc3F)ccc2S(=O)(=O)N([C@H](C)CO)C[C@H]1C. The van der Waals surface area contributed by atoms with E-state index in [-0.39, 0.29) is 35.8 Å². The molecular weight excluding hydrogens is 395 g/mol. The van der Waals surface area contributed by atoms with Crippen molar-refractivity contribution in [3.8, 4) is 16.9 Å². The first kappa shape index (κ1) is 21.7. The molecule has 1 aliphatic heterocycles. The summed E-state index contributed by atoms with van der Waals surface area (Å²) in [6.45, 7) is 4.05. The number of fused-ring (bicyclic) bond motifs is 1. The summed E-state index contributed by atoms with van der Waals surface area (Å²) in [7, 11) is -2.10. The largest absolute Gasteiger partial charge is 0.487 e. The number of halogens is 1. The minimum absolute atomic E-state index is 0.0193. The van der Waals surface area contributed by atoms with E-state index in [1.54, 1.807) is 44.3 Å². The third-order valence-electron chi connectivity index (χ3n) is 5.26. The second kappa shape index (κ2) is 8.79. The lowest BCUT2D eigenvalue weighted by Crippen LogP contribution is -2.49. The van der Waals surface area contributed by atoms with Crippen molar-refractivity contribution in [2.75, 3.05) is 26.7 Å². The van der Waals surface area contributed by atoms with Gasteiger partial charge in [-0.1, -0.05) is 31.2 Å². The highest BCUT2D eigenvalue weighted by atomic mass is 32.2. The predicted octanol–water partition coefficient (Wildman–Crippen LogP) is 2.48. The Hall–Kier alpha value is -2.00. The van der Waals surface area contributed by atoms with Gasteiger partial charge in [-0.25, -0.2) is 12.8 Å². The van der Waals surface area contributed by atoms with E-state index in [0.717, 1.165) is 0 Å². The monoisotopic (exact) mass is 422 g/mol. The van der Waals surface area contributed by atoms with Gasteiger partial charge in [0.25, 0.3) is 0 Å². The number of benzene rings is 2. The minimum Gasteiger partial charge on any atom is -0.487 e. The van der Waals surface area contributed by atoms with Crippen LogP contribution in [-0.4, -0.2) is 56.7 Å². The number of ether oxygens (including phenoxy) is 1. The fourth-order valence-electron chi connectivity index (χ4n) is 3.53. The lowest BCUT2D eigenvalue weighted by atomic mass is 10.0. The average molecular weight is 423 g/mol. The van der Waals surface area contributed by atoms with Crippen molar-refractivity contribution >= 4 is 10.0 Å². The van der Waals surface area contributed by atoms with Gasteiger partial charge in [0, 0.05) is 30.6 Å². The van der Waals surface area contributed by atoms with Crippen LogP contribution in [0.5, 0.6) is 5.75 Å². The van der Waals surface area contributed by atoms with Gasteiger partial charge in [0.05, 0.1) is 6.61 Å². The molecule has 2 aromatic rings. The maximum atomic E-state index is 14.3. The van der Waals surface area contributed by atoms with E-state index < -0.39 is 21.9 Å². The molecule has 1 aliphatic rings. The number of hydrogen-bond acceptors (Lipinski definition) is 5. The predicted molar refractivity (Wildman–Crippen MR) is 110 cm³/mol. The molecule has 8 heteroatoms. The maximum absolute atomic E-state index is 14.3. The number of hydrogen-bond donors (Lipinski definition) is 2. The molecule has 0 fully saturated rings. The first-order chi connectivity index (χ1) is 13.8. The Morgan fingerprint density at radius 2 is 2.03 bits per heavy atom. The lowest BCUT2D eigenvalue weighted by molar-refractivity contribution is 0.103. The number of sulfonamides is 1. The first-order valence-corrected chi connectivity index (χ1v) is 11.1. The summed E-state index contributed by atoms with van der Waals surface area (Å²) in [4.78, 5) is 0.0193. The molecular formula is C21H27FN2O4S. The van der Waals surface area contributed by atoms with Gasteiger partial charge in [0.2, 0.25) is 10.0 Å². The Kier molecular flexibility index (Phi) is 6.58. The van der Waals surface area contributed by atoms with Crippen LogP contribution >= 0.6 is 0 Å². The van der Waals surface area contributed by atoms with Crippen LogP contribution in [0.4, 0.5) is 4.39 Å². The summed E-state index contributed by atoms with van der Waals surface area (Å²) in [5, 5.41) is 12.7. The van der Waals surface area contributed by atoms with Gasteiger partial charge in [0.15, 0.2) is 0 Å². The van der Waals surface area contributed by atoms with Crippen molar-refractivity contribution in [3.63, 3.8) is 0 Å². The number of aliphatic hydroxyl groups is 1. The summed E-state index contributed by atoms with van der Waals surface area (Å²) >= 11 is 0. The van der Waals surface area contributed by atoms with E-state index in [9.17, 15) is 17.9 Å². The Morgan fingerprint density at radius 1 is 1.31 bits per heavy atom. The van der Waals surface area contributed by atoms with Crippen LogP contribution in [-0.2, 0) is 10.0 Å². The van der Waals surface area contributed by atoms with E-state index >= 15 is 0 Å². The summed E-state index contributed by atoms with van der Waals surface area (Å²) < 4.78 is 48.4. The standard InChI is InChI=1S/C21H27FN2O4S/c1-14-12-24(15(2)13-25)29(26,27)21-9-8-16(17-6-4-5-7-18(17)22)10-19(21)28-20(14)11-23-3/h4-10,14-15,20,23,25H,11-13H2,1-3H3/t14-,15-,20-/m1/s1. The van der Waals surface area contributed by atoms with Crippen LogP contribution in [0.25, 0.3) is 11.1 Å². The molecule has 0 aliphatic carbocycles. The molecule has 29 heavy (non-hydrogen) atoms. The highest BCUT2D eigenvalue weighted by Gasteiger charge is 2.37. The third kappa shape index (κ3) is 4.30. The molecule has 6 nitrogen and oxygen atoms in total. The van der Waals surface area contributed by atoms with Crippen molar-refractivity contribution in [2.24, 2.45) is 5.92 Å². The van der Waals surface area contributed by atoms with Gasteiger partial charge in [-0.05, 0) is 37.7 Å². The topological polar surface area (TPSA) is 78.9 Å². The fourth-order valence-corrected chi connectivity index (χ4v) is 5.36. The highest BCUT2D eigenvalue weighted by molar-refractivity contribution is 7.89. The van der Waals surface area contributed by atoms with E-state index in [4.69, 9.17) is 4.74 Å². The van der Waals surface area contributed by atoms with Gasteiger partial charge in [-0.15, -0.1) is 0 Å². The number of aliphatic hydroxyl groups excluding tert-OH is 1. The summed E-state index contributed by atoms with van der Waals surface area (Å²) in [6.07, 6.45) is -0.293. The summed E-state index contributed by atoms with van der Waals surface area (Å²) in [5.41, 5.74) is 0.910. The van der Waals surface area contributed by atoms with Crippen molar-refractivity contribution in [1.29, 1.82) is 0 Å². The fraction of sp³-hybridized carbons (Fsp3) is 0.429. The second-order valence-electron chi connectivity index (χ2n) is 7.44. The second-order valence-corrected chi connectivity index (χ2v) is 9.30. The minimum atomic E-state index is -3.90. The van der Waals surface area contributed by atoms with E-state index in [0.29, 0.717) is 17.7 Å². The van der Waals surface area contributed by atoms with Crippen LogP contribution in [0.15, 0.2) is 47.4 Å². The highest BCUT2D eigenvalue weighted by Crippen LogP contribution is 2.36. The molecule has 2 aromatic carbocycles. The van der Waals surface area contributed by atoms with Crippen molar-refractivity contribution in [3.05, 3.63) is 48.3 Å². The number of nitrogens with one attached hydrogen (secondary N) is 1. The molecule has 0 saturated heterocycles. The van der Waals surface area contributed by atoms with E-state index in [1.807, 2.05) is 6.92 Å². The Labute approximate surface area is 171 Å². The van der Waals surface area contributed by atoms with Crippen LogP contribution in [0.2, 0.25) is 0 Å². The molecule has 0 radical (unpaired) electrons. The molecule has 0 aromatic heterocycles. The molecule has 0 amide bonds. The summed E-state index contributed by atoms with van der Waals surface area (Å²) in [5.74, 6) is -0.332. The maximum Gasteiger partial charge on any atom is 0.247 e. The number of likely N-dealkylation sites (N-methyl/N-ethyl adjacent to an activating group) is 1. The summed E-state index contributed by atoms with van der Waals surface area (Å²) in [6, 6.07) is 10.4.